The van der Waals surface area contributed by atoms with Crippen molar-refractivity contribution in [2.45, 2.75) is 321 Å². The lowest BCUT2D eigenvalue weighted by molar-refractivity contribution is -0.123. The van der Waals surface area contributed by atoms with E-state index in [0.29, 0.717) is 6.42 Å². The fourth-order valence-corrected chi connectivity index (χ4v) is 8.73. The quantitative estimate of drug-likeness (QED) is 0.0422. The van der Waals surface area contributed by atoms with Crippen molar-refractivity contribution in [2.75, 3.05) is 6.61 Å². The van der Waals surface area contributed by atoms with Gasteiger partial charge in [-0.05, 0) is 32.1 Å². The molecule has 0 fully saturated rings. The molecule has 4 nitrogen and oxygen atoms in total. The molecule has 0 aromatic carbocycles. The summed E-state index contributed by atoms with van der Waals surface area (Å²) in [5.74, 6) is -0.0676. The van der Waals surface area contributed by atoms with Crippen LogP contribution in [0.2, 0.25) is 0 Å². The van der Waals surface area contributed by atoms with Gasteiger partial charge in [0, 0.05) is 6.42 Å². The molecule has 0 bridgehead atoms. The van der Waals surface area contributed by atoms with Crippen molar-refractivity contribution in [3.8, 4) is 0 Å². The van der Waals surface area contributed by atoms with Crippen LogP contribution in [0.15, 0.2) is 24.3 Å². The van der Waals surface area contributed by atoms with Gasteiger partial charge >= 0.3 is 0 Å². The molecule has 1 amide bonds. The van der Waals surface area contributed by atoms with Crippen LogP contribution in [0, 0.1) is 0 Å². The minimum atomic E-state index is -0.859. The van der Waals surface area contributed by atoms with E-state index < -0.39 is 12.1 Å². The van der Waals surface area contributed by atoms with Crippen molar-refractivity contribution in [3.63, 3.8) is 0 Å². The third-order valence-corrected chi connectivity index (χ3v) is 12.9. The van der Waals surface area contributed by atoms with Gasteiger partial charge in [0.15, 0.2) is 0 Å². The van der Waals surface area contributed by atoms with Gasteiger partial charge in [-0.1, -0.05) is 295 Å². The number of rotatable bonds is 51. The minimum Gasteiger partial charge on any atom is -0.394 e. The second-order valence-corrected chi connectivity index (χ2v) is 19.0. The average molecular weight is 844 g/mol. The zero-order chi connectivity index (χ0) is 43.5. The number of aliphatic hydroxyl groups is 2. The Hall–Kier alpha value is -1.13. The molecule has 0 aliphatic heterocycles. The number of carbonyl (C=O) groups is 1. The normalized spacial score (nSPS) is 12.9. The Bertz CT molecular complexity index is 871. The van der Waals surface area contributed by atoms with Crippen LogP contribution in [0.5, 0.6) is 0 Å². The Morgan fingerprint density at radius 3 is 0.967 bits per heavy atom. The number of hydrogen-bond acceptors (Lipinski definition) is 3. The van der Waals surface area contributed by atoms with Gasteiger partial charge in [-0.3, -0.25) is 4.79 Å². The van der Waals surface area contributed by atoms with Gasteiger partial charge in [-0.25, -0.2) is 0 Å². The zero-order valence-electron chi connectivity index (χ0n) is 41.0. The van der Waals surface area contributed by atoms with E-state index in [1.54, 1.807) is 6.08 Å². The van der Waals surface area contributed by atoms with E-state index in [0.717, 1.165) is 32.1 Å². The monoisotopic (exact) mass is 844 g/mol. The second-order valence-electron chi connectivity index (χ2n) is 19.0. The Morgan fingerprint density at radius 1 is 0.383 bits per heavy atom. The standard InChI is InChI=1S/C56H109NO3/c1-3-5-7-9-11-13-15-17-19-21-22-23-24-25-26-27-28-29-30-31-32-33-34-35-36-38-40-42-44-46-48-50-52-56(60)57-54(53-58)55(59)51-49-47-45-43-41-39-37-20-18-16-14-12-10-8-6-4-2/h41,43,49,51,54-55,58-59H,3-40,42,44-48,50,52-53H2,1-2H3,(H,57,60)/b43-41+,51-49+. The van der Waals surface area contributed by atoms with Gasteiger partial charge in [0.25, 0.3) is 0 Å². The molecule has 0 aromatic heterocycles. The number of hydrogen-bond donors (Lipinski definition) is 3. The SMILES string of the molecule is CCCCCCCCCCCC/C=C/CC/C=C/C(O)C(CO)NC(=O)CCCCCCCCCCCCCCCCCCCCCCCCCCCCCCCCCC. The van der Waals surface area contributed by atoms with Crippen LogP contribution in [0.1, 0.15) is 309 Å². The molecule has 3 N–H and O–H groups in total. The highest BCUT2D eigenvalue weighted by atomic mass is 16.3. The number of unbranched alkanes of at least 4 members (excludes halogenated alkanes) is 42. The molecule has 0 aliphatic carbocycles. The molecular formula is C56H109NO3. The molecular weight excluding hydrogens is 735 g/mol. The minimum absolute atomic E-state index is 0.0676. The van der Waals surface area contributed by atoms with Crippen LogP contribution < -0.4 is 5.32 Å². The maximum atomic E-state index is 12.4. The van der Waals surface area contributed by atoms with Gasteiger partial charge < -0.3 is 15.5 Å². The van der Waals surface area contributed by atoms with E-state index >= 15 is 0 Å². The van der Waals surface area contributed by atoms with E-state index in [1.807, 2.05) is 6.08 Å². The first-order chi connectivity index (χ1) is 29.7. The first-order valence-corrected chi connectivity index (χ1v) is 27.6. The van der Waals surface area contributed by atoms with Crippen molar-refractivity contribution in [2.24, 2.45) is 0 Å². The molecule has 0 radical (unpaired) electrons. The fraction of sp³-hybridized carbons (Fsp3) is 0.911. The van der Waals surface area contributed by atoms with Crippen molar-refractivity contribution < 1.29 is 15.0 Å². The molecule has 0 rings (SSSR count). The van der Waals surface area contributed by atoms with E-state index in [-0.39, 0.29) is 12.5 Å². The van der Waals surface area contributed by atoms with Gasteiger partial charge in [-0.2, -0.15) is 0 Å². The summed E-state index contributed by atoms with van der Waals surface area (Å²) < 4.78 is 0. The van der Waals surface area contributed by atoms with E-state index in [2.05, 4.69) is 31.3 Å². The Kier molecular flexibility index (Phi) is 51.2. The third-order valence-electron chi connectivity index (χ3n) is 12.9. The summed E-state index contributed by atoms with van der Waals surface area (Å²) in [5, 5.41) is 23.1. The molecule has 0 aliphatic rings. The molecule has 0 heterocycles. The first-order valence-electron chi connectivity index (χ1n) is 27.6. The Morgan fingerprint density at radius 2 is 0.650 bits per heavy atom. The highest BCUT2D eigenvalue weighted by molar-refractivity contribution is 5.76. The molecule has 2 unspecified atom stereocenters. The third kappa shape index (κ3) is 47.9. The molecule has 2 atom stereocenters. The molecule has 0 saturated carbocycles. The number of carbonyl (C=O) groups excluding carboxylic acids is 1. The van der Waals surface area contributed by atoms with Crippen LogP contribution in [0.3, 0.4) is 0 Å². The van der Waals surface area contributed by atoms with Crippen molar-refractivity contribution in [1.82, 2.24) is 5.32 Å². The second kappa shape index (κ2) is 52.2. The van der Waals surface area contributed by atoms with Gasteiger partial charge in [0.1, 0.15) is 0 Å². The van der Waals surface area contributed by atoms with E-state index in [1.165, 1.54) is 257 Å². The van der Waals surface area contributed by atoms with Crippen molar-refractivity contribution in [1.29, 1.82) is 0 Å². The van der Waals surface area contributed by atoms with Crippen molar-refractivity contribution >= 4 is 5.91 Å². The summed E-state index contributed by atoms with van der Waals surface area (Å²) in [7, 11) is 0. The average Bonchev–Trinajstić information content (AvgIpc) is 3.25. The molecule has 0 saturated heterocycles. The lowest BCUT2D eigenvalue weighted by Crippen LogP contribution is -2.45. The Balaban J connectivity index is 3.43. The first kappa shape index (κ1) is 58.9. The molecule has 4 heteroatoms. The lowest BCUT2D eigenvalue weighted by Gasteiger charge is -2.19. The number of aliphatic hydroxyl groups excluding tert-OH is 2. The molecule has 0 spiro atoms. The van der Waals surface area contributed by atoms with Crippen LogP contribution in [-0.4, -0.2) is 34.9 Å². The van der Waals surface area contributed by atoms with Gasteiger partial charge in [0.2, 0.25) is 5.91 Å². The number of amides is 1. The maximum absolute atomic E-state index is 12.4. The Labute approximate surface area is 377 Å². The molecule has 0 aromatic rings. The highest BCUT2D eigenvalue weighted by Crippen LogP contribution is 2.18. The van der Waals surface area contributed by atoms with E-state index in [4.69, 9.17) is 0 Å². The summed E-state index contributed by atoms with van der Waals surface area (Å²) in [6, 6.07) is -0.635. The molecule has 60 heavy (non-hydrogen) atoms. The maximum Gasteiger partial charge on any atom is 0.220 e. The summed E-state index contributed by atoms with van der Waals surface area (Å²) in [6.07, 6.45) is 69.2. The largest absolute Gasteiger partial charge is 0.394 e. The number of nitrogens with one attached hydrogen (secondary N) is 1. The predicted molar refractivity (Wildman–Crippen MR) is 267 cm³/mol. The summed E-state index contributed by atoms with van der Waals surface area (Å²) >= 11 is 0. The van der Waals surface area contributed by atoms with Gasteiger partial charge in [0.05, 0.1) is 18.8 Å². The lowest BCUT2D eigenvalue weighted by atomic mass is 10.0. The fourth-order valence-electron chi connectivity index (χ4n) is 8.73. The molecule has 356 valence electrons. The van der Waals surface area contributed by atoms with E-state index in [9.17, 15) is 15.0 Å². The smallest absolute Gasteiger partial charge is 0.220 e. The summed E-state index contributed by atoms with van der Waals surface area (Å²) in [4.78, 5) is 12.4. The van der Waals surface area contributed by atoms with Crippen LogP contribution >= 0.6 is 0 Å². The highest BCUT2D eigenvalue weighted by Gasteiger charge is 2.18. The topological polar surface area (TPSA) is 69.6 Å². The van der Waals surface area contributed by atoms with Crippen LogP contribution in [-0.2, 0) is 4.79 Å². The van der Waals surface area contributed by atoms with Crippen LogP contribution in [0.25, 0.3) is 0 Å². The zero-order valence-corrected chi connectivity index (χ0v) is 41.0. The van der Waals surface area contributed by atoms with Gasteiger partial charge in [-0.15, -0.1) is 0 Å². The predicted octanol–water partition coefficient (Wildman–Crippen LogP) is 17.9. The number of allylic oxidation sites excluding steroid dienone is 3. The van der Waals surface area contributed by atoms with Crippen LogP contribution in [0.4, 0.5) is 0 Å². The van der Waals surface area contributed by atoms with Crippen molar-refractivity contribution in [3.05, 3.63) is 24.3 Å². The summed E-state index contributed by atoms with van der Waals surface area (Å²) in [6.45, 7) is 4.32. The summed E-state index contributed by atoms with van der Waals surface area (Å²) in [5.41, 5.74) is 0.